The minimum atomic E-state index is -3.81. The van der Waals surface area contributed by atoms with E-state index in [0.29, 0.717) is 34.8 Å². The number of rotatable bonds is 13. The van der Waals surface area contributed by atoms with Crippen molar-refractivity contribution in [2.45, 2.75) is 34.6 Å². The normalized spacial score (nSPS) is 11.8. The van der Waals surface area contributed by atoms with Gasteiger partial charge in [-0.1, -0.05) is 38.4 Å². The Morgan fingerprint density at radius 3 is 1.51 bits per heavy atom. The summed E-state index contributed by atoms with van der Waals surface area (Å²) in [6, 6.07) is 6.70. The van der Waals surface area contributed by atoms with Crippen LogP contribution in [0.3, 0.4) is 0 Å². The predicted octanol–water partition coefficient (Wildman–Crippen LogP) is 5.34. The first-order chi connectivity index (χ1) is 17.4. The van der Waals surface area contributed by atoms with E-state index in [1.165, 1.54) is 20.8 Å². The average Bonchev–Trinajstić information content (AvgIpc) is 2.92. The second-order valence-corrected chi connectivity index (χ2v) is 11.5. The summed E-state index contributed by atoms with van der Waals surface area (Å²) < 4.78 is 11.9. The summed E-state index contributed by atoms with van der Waals surface area (Å²) in [5.41, 5.74) is 1.97. The van der Waals surface area contributed by atoms with Gasteiger partial charge in [-0.15, -0.1) is 0 Å². The van der Waals surface area contributed by atoms with Crippen molar-refractivity contribution in [2.75, 3.05) is 6.61 Å². The SMILES string of the molecule is C=C(/C=C(\C(C)=C=O)c1ccc(O[Si](C(=C)C(C)=C=O)(C(=C)C(C)=C=O)C(=C)C(C)=C=O)cc1)OCC. The van der Waals surface area contributed by atoms with Gasteiger partial charge in [-0.05, 0) is 79.6 Å². The number of benzene rings is 1. The van der Waals surface area contributed by atoms with Gasteiger partial charge in [0.15, 0.2) is 0 Å². The maximum Gasteiger partial charge on any atom is 0.348 e. The monoisotopic (exact) mass is 514 g/mol. The number of ether oxygens (including phenoxy) is 1. The van der Waals surface area contributed by atoms with Crippen LogP contribution in [-0.2, 0) is 23.9 Å². The third-order valence-electron chi connectivity index (χ3n) is 5.72. The van der Waals surface area contributed by atoms with Gasteiger partial charge in [0.2, 0.25) is 0 Å². The van der Waals surface area contributed by atoms with Gasteiger partial charge >= 0.3 is 8.32 Å². The molecule has 0 aliphatic rings. The van der Waals surface area contributed by atoms with E-state index in [4.69, 9.17) is 9.16 Å². The van der Waals surface area contributed by atoms with E-state index in [2.05, 4.69) is 26.3 Å². The fourth-order valence-electron chi connectivity index (χ4n) is 3.44. The summed E-state index contributed by atoms with van der Waals surface area (Å²) >= 11 is 0. The summed E-state index contributed by atoms with van der Waals surface area (Å²) in [6.45, 7) is 24.3. The van der Waals surface area contributed by atoms with Gasteiger partial charge in [0.05, 0.1) is 6.61 Å². The van der Waals surface area contributed by atoms with Crippen molar-refractivity contribution < 1.29 is 28.3 Å². The zero-order valence-corrected chi connectivity index (χ0v) is 22.9. The van der Waals surface area contributed by atoms with Gasteiger partial charge in [-0.25, -0.2) is 19.2 Å². The molecule has 190 valence electrons. The summed E-state index contributed by atoms with van der Waals surface area (Å²) in [7, 11) is -3.81. The number of carbonyl (C=O) groups excluding carboxylic acids is 4. The van der Waals surface area contributed by atoms with Crippen molar-refractivity contribution in [3.63, 3.8) is 0 Å². The van der Waals surface area contributed by atoms with Crippen molar-refractivity contribution in [2.24, 2.45) is 0 Å². The van der Waals surface area contributed by atoms with E-state index < -0.39 is 8.32 Å². The molecule has 0 atom stereocenters. The maximum absolute atomic E-state index is 11.6. The van der Waals surface area contributed by atoms with Crippen molar-refractivity contribution in [1.82, 2.24) is 0 Å². The molecule has 0 saturated carbocycles. The standard InChI is InChI=1S/C30H30O6Si/c1-10-35-24(6)15-30(23(5)19-34)28-11-13-29(14-12-28)36-37(25(7)20(2)16-31,26(8)21(3)17-32)27(9)22(4)18-33/h11-15H,6-10H2,1-5H3/b30-15+. The molecule has 6 nitrogen and oxygen atoms in total. The van der Waals surface area contributed by atoms with Crippen LogP contribution in [0.15, 0.2) is 100 Å². The van der Waals surface area contributed by atoms with Crippen LogP contribution in [0, 0.1) is 0 Å². The first-order valence-corrected chi connectivity index (χ1v) is 13.1. The summed E-state index contributed by atoms with van der Waals surface area (Å²) in [6.07, 6.45) is 1.64. The number of hydrogen-bond acceptors (Lipinski definition) is 6. The molecule has 37 heavy (non-hydrogen) atoms. The van der Waals surface area contributed by atoms with E-state index in [9.17, 15) is 19.2 Å². The number of hydrogen-bond donors (Lipinski definition) is 0. The van der Waals surface area contributed by atoms with Crippen molar-refractivity contribution in [3.8, 4) is 5.75 Å². The van der Waals surface area contributed by atoms with Gasteiger partial charge in [0.1, 0.15) is 35.3 Å². The third-order valence-corrected chi connectivity index (χ3v) is 9.94. The van der Waals surface area contributed by atoms with Crippen LogP contribution in [0.25, 0.3) is 5.57 Å². The Kier molecular flexibility index (Phi) is 11.2. The van der Waals surface area contributed by atoms with Gasteiger partial charge in [-0.2, -0.15) is 0 Å². The van der Waals surface area contributed by atoms with Gasteiger partial charge in [0, 0.05) is 22.3 Å². The lowest BCUT2D eigenvalue weighted by molar-refractivity contribution is 0.244. The molecule has 1 aromatic carbocycles. The highest BCUT2D eigenvalue weighted by molar-refractivity contribution is 6.96. The fourth-order valence-corrected chi connectivity index (χ4v) is 7.13. The molecule has 0 aliphatic carbocycles. The molecule has 1 aromatic rings. The van der Waals surface area contributed by atoms with Crippen LogP contribution in [-0.4, -0.2) is 38.7 Å². The Morgan fingerprint density at radius 1 is 0.757 bits per heavy atom. The molecule has 0 amide bonds. The quantitative estimate of drug-likeness (QED) is 0.153. The Bertz CT molecular complexity index is 1270. The second-order valence-electron chi connectivity index (χ2n) is 8.11. The lowest BCUT2D eigenvalue weighted by Gasteiger charge is -2.36. The Morgan fingerprint density at radius 2 is 1.16 bits per heavy atom. The molecule has 0 radical (unpaired) electrons. The van der Waals surface area contributed by atoms with Crippen LogP contribution in [0.4, 0.5) is 0 Å². The van der Waals surface area contributed by atoms with Crippen LogP contribution in [0.5, 0.6) is 5.75 Å². The highest BCUT2D eigenvalue weighted by Crippen LogP contribution is 2.39. The second kappa shape index (κ2) is 13.6. The molecule has 0 aromatic heterocycles. The molecule has 1 rings (SSSR count). The highest BCUT2D eigenvalue weighted by atomic mass is 28.4. The predicted molar refractivity (Wildman–Crippen MR) is 149 cm³/mol. The lowest BCUT2D eigenvalue weighted by Crippen LogP contribution is -2.50. The van der Waals surface area contributed by atoms with E-state index in [-0.39, 0.29) is 32.3 Å². The molecule has 0 unspecified atom stereocenters. The molecule has 0 fully saturated rings. The van der Waals surface area contributed by atoms with E-state index in [0.717, 1.165) is 0 Å². The maximum atomic E-state index is 11.6. The minimum Gasteiger partial charge on any atom is -0.530 e. The first kappa shape index (κ1) is 30.6. The molecular weight excluding hydrogens is 484 g/mol. The Hall–Kier alpha value is -4.46. The van der Waals surface area contributed by atoms with Crippen molar-refractivity contribution in [3.05, 3.63) is 106 Å². The summed E-state index contributed by atoms with van der Waals surface area (Å²) in [5, 5.41) is 0.664. The van der Waals surface area contributed by atoms with Gasteiger partial charge in [-0.3, -0.25) is 0 Å². The molecule has 0 aliphatic heterocycles. The molecule has 0 bridgehead atoms. The molecule has 0 N–H and O–H groups in total. The van der Waals surface area contributed by atoms with Gasteiger partial charge in [0.25, 0.3) is 0 Å². The van der Waals surface area contributed by atoms with E-state index in [1.807, 2.05) is 30.7 Å². The lowest BCUT2D eigenvalue weighted by atomic mass is 9.99. The van der Waals surface area contributed by atoms with E-state index >= 15 is 0 Å². The van der Waals surface area contributed by atoms with Crippen LogP contribution in [0.2, 0.25) is 0 Å². The van der Waals surface area contributed by atoms with Crippen LogP contribution in [0.1, 0.15) is 40.2 Å². The largest absolute Gasteiger partial charge is 0.530 e. The molecule has 0 spiro atoms. The van der Waals surface area contributed by atoms with Crippen molar-refractivity contribution in [1.29, 1.82) is 0 Å². The smallest absolute Gasteiger partial charge is 0.348 e. The molecule has 7 heteroatoms. The van der Waals surface area contributed by atoms with Crippen molar-refractivity contribution >= 4 is 37.7 Å². The first-order valence-electron chi connectivity index (χ1n) is 11.2. The van der Waals surface area contributed by atoms with Gasteiger partial charge < -0.3 is 9.16 Å². The van der Waals surface area contributed by atoms with Crippen LogP contribution < -0.4 is 4.43 Å². The molecular formula is C30H30O6Si. The highest BCUT2D eigenvalue weighted by Gasteiger charge is 2.49. The topological polar surface area (TPSA) is 86.7 Å². The minimum absolute atomic E-state index is 0.134. The average molecular weight is 515 g/mol. The summed E-state index contributed by atoms with van der Waals surface area (Å²) in [4.78, 5) is 46.1. The molecule has 0 heterocycles. The molecule has 0 saturated heterocycles. The Balaban J connectivity index is 3.85. The number of allylic oxidation sites excluding steroid dienone is 9. The summed E-state index contributed by atoms with van der Waals surface area (Å²) in [5.74, 6) is 8.02. The van der Waals surface area contributed by atoms with Crippen LogP contribution >= 0.6 is 0 Å². The fraction of sp³-hybridized carbons (Fsp3) is 0.200. The zero-order valence-electron chi connectivity index (χ0n) is 21.9. The van der Waals surface area contributed by atoms with E-state index in [1.54, 1.807) is 37.3 Å². The third kappa shape index (κ3) is 6.82. The zero-order chi connectivity index (χ0) is 28.3. The Labute approximate surface area is 218 Å².